The maximum Gasteiger partial charge on any atom is 0.142 e. The zero-order valence-corrected chi connectivity index (χ0v) is 13.1. The fourth-order valence-electron chi connectivity index (χ4n) is 2.78. The van der Waals surface area contributed by atoms with Gasteiger partial charge in [-0.1, -0.05) is 24.3 Å². The molecule has 0 spiro atoms. The highest BCUT2D eigenvalue weighted by Crippen LogP contribution is 2.37. The minimum absolute atomic E-state index is 0.132. The molecule has 3 rings (SSSR count). The summed E-state index contributed by atoms with van der Waals surface area (Å²) in [4.78, 5) is 4.37. The van der Waals surface area contributed by atoms with Crippen LogP contribution >= 0.6 is 0 Å². The van der Waals surface area contributed by atoms with Gasteiger partial charge in [0.25, 0.3) is 0 Å². The van der Waals surface area contributed by atoms with Crippen molar-refractivity contribution >= 4 is 11.4 Å². The van der Waals surface area contributed by atoms with Crippen LogP contribution in [0.25, 0.3) is 0 Å². The predicted octanol–water partition coefficient (Wildman–Crippen LogP) is 3.85. The molecule has 0 fully saturated rings. The van der Waals surface area contributed by atoms with Gasteiger partial charge in [-0.15, -0.1) is 0 Å². The van der Waals surface area contributed by atoms with Crippen molar-refractivity contribution in [3.8, 4) is 11.5 Å². The molecule has 114 valence electrons. The third-order valence-corrected chi connectivity index (χ3v) is 3.92. The number of nitrogens with zero attached hydrogens (tertiary/aromatic N) is 2. The smallest absolute Gasteiger partial charge is 0.142 e. The highest BCUT2D eigenvalue weighted by Gasteiger charge is 2.27. The summed E-state index contributed by atoms with van der Waals surface area (Å²) in [5, 5.41) is 0. The van der Waals surface area contributed by atoms with Gasteiger partial charge in [-0.25, -0.2) is 0 Å². The second-order valence-electron chi connectivity index (χ2n) is 5.09. The van der Waals surface area contributed by atoms with Crippen molar-refractivity contribution in [1.29, 1.82) is 0 Å². The Bertz CT molecular complexity index is 627. The molecule has 0 bridgehead atoms. The number of benzene rings is 2. The van der Waals surface area contributed by atoms with Crippen molar-refractivity contribution in [3.63, 3.8) is 0 Å². The van der Waals surface area contributed by atoms with Gasteiger partial charge in [-0.2, -0.15) is 0 Å². The Morgan fingerprint density at radius 2 is 1.14 bits per heavy atom. The highest BCUT2D eigenvalue weighted by molar-refractivity contribution is 5.69. The van der Waals surface area contributed by atoms with Gasteiger partial charge < -0.3 is 19.3 Å². The summed E-state index contributed by atoms with van der Waals surface area (Å²) in [6.45, 7) is 2.15. The minimum atomic E-state index is 0.132. The lowest BCUT2D eigenvalue weighted by Gasteiger charge is -2.31. The second kappa shape index (κ2) is 6.02. The lowest BCUT2D eigenvalue weighted by atomic mass is 10.2. The number of hydrogen-bond donors (Lipinski definition) is 0. The Labute approximate surface area is 131 Å². The normalized spacial score (nSPS) is 14.5. The van der Waals surface area contributed by atoms with E-state index in [0.29, 0.717) is 0 Å². The zero-order valence-electron chi connectivity index (χ0n) is 13.1. The molecule has 0 amide bonds. The van der Waals surface area contributed by atoms with Gasteiger partial charge in [0.2, 0.25) is 0 Å². The summed E-state index contributed by atoms with van der Waals surface area (Å²) in [5.41, 5.74) is 2.09. The van der Waals surface area contributed by atoms with Crippen molar-refractivity contribution in [2.24, 2.45) is 0 Å². The molecule has 0 atom stereocenters. The SMILES string of the molecule is COc1ccccc1N1C=CN(c2ccccc2OC)C1C. The standard InChI is InChI=1S/C18H20N2O2/c1-14-19(15-8-4-6-10-17(15)21-2)12-13-20(14)16-9-5-7-11-18(16)22-3/h4-14H,1-3H3. The third-order valence-electron chi connectivity index (χ3n) is 3.92. The van der Waals surface area contributed by atoms with Crippen molar-refractivity contribution < 1.29 is 9.47 Å². The summed E-state index contributed by atoms with van der Waals surface area (Å²) in [7, 11) is 3.39. The average Bonchev–Trinajstić information content (AvgIpc) is 2.96. The van der Waals surface area contributed by atoms with E-state index in [1.807, 2.05) is 36.4 Å². The Kier molecular flexibility index (Phi) is 3.92. The first kappa shape index (κ1) is 14.3. The Morgan fingerprint density at radius 1 is 0.727 bits per heavy atom. The Morgan fingerprint density at radius 3 is 1.55 bits per heavy atom. The van der Waals surface area contributed by atoms with Gasteiger partial charge in [0, 0.05) is 12.4 Å². The molecule has 2 aromatic rings. The fraction of sp³-hybridized carbons (Fsp3) is 0.222. The molecule has 4 heteroatoms. The van der Waals surface area contributed by atoms with E-state index < -0.39 is 0 Å². The van der Waals surface area contributed by atoms with Crippen LogP contribution in [0.1, 0.15) is 6.92 Å². The van der Waals surface area contributed by atoms with Gasteiger partial charge in [0.05, 0.1) is 25.6 Å². The van der Waals surface area contributed by atoms with Crippen LogP contribution < -0.4 is 19.3 Å². The van der Waals surface area contributed by atoms with Gasteiger partial charge in [0.15, 0.2) is 0 Å². The topological polar surface area (TPSA) is 24.9 Å². The van der Waals surface area contributed by atoms with Crippen LogP contribution in [0.2, 0.25) is 0 Å². The summed E-state index contributed by atoms with van der Waals surface area (Å²) < 4.78 is 10.9. The molecular formula is C18H20N2O2. The molecule has 0 aromatic heterocycles. The molecule has 1 aliphatic rings. The maximum atomic E-state index is 5.47. The fourth-order valence-corrected chi connectivity index (χ4v) is 2.78. The van der Waals surface area contributed by atoms with E-state index in [9.17, 15) is 0 Å². The molecule has 0 saturated carbocycles. The molecule has 1 heterocycles. The third kappa shape index (κ3) is 2.37. The van der Waals surface area contributed by atoms with E-state index in [1.165, 1.54) is 0 Å². The number of hydrogen-bond acceptors (Lipinski definition) is 4. The highest BCUT2D eigenvalue weighted by atomic mass is 16.5. The molecule has 2 aromatic carbocycles. The van der Waals surface area contributed by atoms with E-state index in [0.717, 1.165) is 22.9 Å². The molecule has 1 aliphatic heterocycles. The van der Waals surface area contributed by atoms with E-state index in [4.69, 9.17) is 9.47 Å². The van der Waals surface area contributed by atoms with E-state index in [2.05, 4.69) is 41.3 Å². The van der Waals surface area contributed by atoms with Gasteiger partial charge in [-0.3, -0.25) is 0 Å². The largest absolute Gasteiger partial charge is 0.495 e. The van der Waals surface area contributed by atoms with Crippen molar-refractivity contribution in [2.45, 2.75) is 13.1 Å². The molecular weight excluding hydrogens is 276 g/mol. The van der Waals surface area contributed by atoms with Crippen LogP contribution in [0.15, 0.2) is 60.9 Å². The lowest BCUT2D eigenvalue weighted by molar-refractivity contribution is 0.413. The molecule has 0 N–H and O–H groups in total. The Hall–Kier alpha value is -2.62. The monoisotopic (exact) mass is 296 g/mol. The van der Waals surface area contributed by atoms with Gasteiger partial charge in [0.1, 0.15) is 17.7 Å². The van der Waals surface area contributed by atoms with Crippen LogP contribution in [0.5, 0.6) is 11.5 Å². The molecule has 0 unspecified atom stereocenters. The van der Waals surface area contributed by atoms with Gasteiger partial charge in [-0.05, 0) is 31.2 Å². The number of ether oxygens (including phenoxy) is 2. The number of anilines is 2. The van der Waals surface area contributed by atoms with Crippen molar-refractivity contribution in [3.05, 3.63) is 60.9 Å². The van der Waals surface area contributed by atoms with E-state index >= 15 is 0 Å². The molecule has 0 aliphatic carbocycles. The molecule has 22 heavy (non-hydrogen) atoms. The van der Waals surface area contributed by atoms with E-state index in [-0.39, 0.29) is 6.17 Å². The first-order valence-corrected chi connectivity index (χ1v) is 7.27. The first-order valence-electron chi connectivity index (χ1n) is 7.27. The average molecular weight is 296 g/mol. The van der Waals surface area contributed by atoms with Crippen LogP contribution in [-0.2, 0) is 0 Å². The quantitative estimate of drug-likeness (QED) is 0.855. The van der Waals surface area contributed by atoms with Crippen LogP contribution in [0.4, 0.5) is 11.4 Å². The zero-order chi connectivity index (χ0) is 15.5. The predicted molar refractivity (Wildman–Crippen MR) is 89.5 cm³/mol. The van der Waals surface area contributed by atoms with Crippen LogP contribution in [0, 0.1) is 0 Å². The molecule has 0 radical (unpaired) electrons. The number of methoxy groups -OCH3 is 2. The number of rotatable bonds is 4. The lowest BCUT2D eigenvalue weighted by Crippen LogP contribution is -2.36. The van der Waals surface area contributed by atoms with Crippen LogP contribution in [0.3, 0.4) is 0 Å². The van der Waals surface area contributed by atoms with Crippen LogP contribution in [-0.4, -0.2) is 20.4 Å². The van der Waals surface area contributed by atoms with Crippen molar-refractivity contribution in [1.82, 2.24) is 0 Å². The minimum Gasteiger partial charge on any atom is -0.495 e. The maximum absolute atomic E-state index is 5.47. The van der Waals surface area contributed by atoms with E-state index in [1.54, 1.807) is 14.2 Å². The summed E-state index contributed by atoms with van der Waals surface area (Å²) in [6, 6.07) is 16.1. The Balaban J connectivity index is 1.93. The van der Waals surface area contributed by atoms with Gasteiger partial charge >= 0.3 is 0 Å². The molecule has 0 saturated heterocycles. The summed E-state index contributed by atoms with van der Waals surface area (Å²) in [5.74, 6) is 1.72. The molecule has 4 nitrogen and oxygen atoms in total. The summed E-state index contributed by atoms with van der Waals surface area (Å²) >= 11 is 0. The first-order chi connectivity index (χ1) is 10.8. The van der Waals surface area contributed by atoms with Crippen molar-refractivity contribution in [2.75, 3.05) is 24.0 Å². The number of para-hydroxylation sites is 4. The second-order valence-corrected chi connectivity index (χ2v) is 5.09. The summed E-state index contributed by atoms with van der Waals surface area (Å²) in [6.07, 6.45) is 4.26.